The summed E-state index contributed by atoms with van der Waals surface area (Å²) in [6, 6.07) is 4.09. The third-order valence-corrected chi connectivity index (χ3v) is 3.69. The number of halogens is 3. The fourth-order valence-corrected chi connectivity index (χ4v) is 2.65. The molecule has 0 saturated carbocycles. The van der Waals surface area contributed by atoms with Gasteiger partial charge in [0.1, 0.15) is 11.5 Å². The minimum absolute atomic E-state index is 0.128. The van der Waals surface area contributed by atoms with Crippen LogP contribution in [0, 0.1) is 5.82 Å². The minimum Gasteiger partial charge on any atom is -0.318 e. The lowest BCUT2D eigenvalue weighted by molar-refractivity contribution is 0.101. The van der Waals surface area contributed by atoms with Gasteiger partial charge in [0.25, 0.3) is 5.91 Å². The first-order valence-corrected chi connectivity index (χ1v) is 7.08. The largest absolute Gasteiger partial charge is 0.318 e. The lowest BCUT2D eigenvalue weighted by atomic mass is 10.2. The fourth-order valence-electron chi connectivity index (χ4n) is 1.75. The highest BCUT2D eigenvalue weighted by molar-refractivity contribution is 9.10. The van der Waals surface area contributed by atoms with Crippen LogP contribution in [0.5, 0.6) is 0 Å². The monoisotopic (exact) mass is 359 g/mol. The summed E-state index contributed by atoms with van der Waals surface area (Å²) in [6.45, 7) is 1.96. The van der Waals surface area contributed by atoms with Crippen LogP contribution in [-0.4, -0.2) is 15.7 Å². The summed E-state index contributed by atoms with van der Waals surface area (Å²) >= 11 is 9.11. The van der Waals surface area contributed by atoms with E-state index in [0.29, 0.717) is 15.9 Å². The standard InChI is InChI=1S/C13H12BrClFN3O/c1-3-8-6-11(19(2)18-8)13(20)17-12-9(14)4-7(16)5-10(12)15/h4-6H,3H2,1-2H3,(H,17,20). The molecule has 0 saturated heterocycles. The lowest BCUT2D eigenvalue weighted by Crippen LogP contribution is -2.16. The Morgan fingerprint density at radius 3 is 2.75 bits per heavy atom. The molecule has 0 fully saturated rings. The summed E-state index contributed by atoms with van der Waals surface area (Å²) in [6.07, 6.45) is 0.738. The molecule has 4 nitrogen and oxygen atoms in total. The summed E-state index contributed by atoms with van der Waals surface area (Å²) in [7, 11) is 1.69. The molecule has 20 heavy (non-hydrogen) atoms. The summed E-state index contributed by atoms with van der Waals surface area (Å²) in [5.41, 5.74) is 1.56. The van der Waals surface area contributed by atoms with Gasteiger partial charge in [-0.05, 0) is 40.5 Å². The maximum atomic E-state index is 13.1. The maximum absolute atomic E-state index is 13.1. The molecule has 1 aromatic carbocycles. The van der Waals surface area contributed by atoms with Gasteiger partial charge in [-0.15, -0.1) is 0 Å². The number of anilines is 1. The molecular weight excluding hydrogens is 349 g/mol. The molecule has 0 aliphatic carbocycles. The predicted molar refractivity (Wildman–Crippen MR) is 79.6 cm³/mol. The molecule has 1 aromatic heterocycles. The van der Waals surface area contributed by atoms with Gasteiger partial charge in [0.05, 0.1) is 16.4 Å². The van der Waals surface area contributed by atoms with E-state index in [1.807, 2.05) is 6.92 Å². The van der Waals surface area contributed by atoms with Crippen LogP contribution in [0.3, 0.4) is 0 Å². The highest BCUT2D eigenvalue weighted by atomic mass is 79.9. The van der Waals surface area contributed by atoms with Crippen molar-refractivity contribution < 1.29 is 9.18 Å². The molecule has 1 amide bonds. The van der Waals surface area contributed by atoms with E-state index >= 15 is 0 Å². The Balaban J connectivity index is 2.30. The second-order valence-corrected chi connectivity index (χ2v) is 5.46. The van der Waals surface area contributed by atoms with Gasteiger partial charge >= 0.3 is 0 Å². The quantitative estimate of drug-likeness (QED) is 0.905. The number of nitrogens with zero attached hydrogens (tertiary/aromatic N) is 2. The number of carbonyl (C=O) groups is 1. The van der Waals surface area contributed by atoms with Crippen molar-refractivity contribution in [3.05, 3.63) is 44.9 Å². The number of hydrogen-bond donors (Lipinski definition) is 1. The third kappa shape index (κ3) is 3.02. The third-order valence-electron chi connectivity index (χ3n) is 2.77. The number of rotatable bonds is 3. The lowest BCUT2D eigenvalue weighted by Gasteiger charge is -2.09. The van der Waals surface area contributed by atoms with Gasteiger partial charge in [0.2, 0.25) is 0 Å². The molecule has 0 spiro atoms. The molecule has 7 heteroatoms. The van der Waals surface area contributed by atoms with Crippen molar-refractivity contribution in [1.82, 2.24) is 9.78 Å². The van der Waals surface area contributed by atoms with Crippen molar-refractivity contribution >= 4 is 39.1 Å². The second kappa shape index (κ2) is 5.93. The van der Waals surface area contributed by atoms with Crippen LogP contribution in [0.1, 0.15) is 23.1 Å². The molecular formula is C13H12BrClFN3O. The summed E-state index contributed by atoms with van der Waals surface area (Å²) in [5, 5.41) is 6.98. The van der Waals surface area contributed by atoms with Crippen molar-refractivity contribution in [3.8, 4) is 0 Å². The van der Waals surface area contributed by atoms with Crippen LogP contribution < -0.4 is 5.32 Å². The number of hydrogen-bond acceptors (Lipinski definition) is 2. The van der Waals surface area contributed by atoms with Gasteiger partial charge < -0.3 is 5.32 Å². The number of aromatic nitrogens is 2. The molecule has 0 aliphatic heterocycles. The Hall–Kier alpha value is -1.40. The summed E-state index contributed by atoms with van der Waals surface area (Å²) < 4.78 is 15.0. The maximum Gasteiger partial charge on any atom is 0.273 e. The van der Waals surface area contributed by atoms with Crippen LogP contribution >= 0.6 is 27.5 Å². The first kappa shape index (κ1) is 15.0. The molecule has 2 rings (SSSR count). The SMILES string of the molecule is CCc1cc(C(=O)Nc2c(Cl)cc(F)cc2Br)n(C)n1. The first-order valence-electron chi connectivity index (χ1n) is 5.91. The fraction of sp³-hybridized carbons (Fsp3) is 0.231. The van der Waals surface area contributed by atoms with E-state index in [4.69, 9.17) is 11.6 Å². The van der Waals surface area contributed by atoms with E-state index in [1.165, 1.54) is 10.7 Å². The van der Waals surface area contributed by atoms with Gasteiger partial charge in [0, 0.05) is 11.5 Å². The van der Waals surface area contributed by atoms with Crippen LogP contribution in [0.2, 0.25) is 5.02 Å². The van der Waals surface area contributed by atoms with Gasteiger partial charge in [-0.1, -0.05) is 18.5 Å². The topological polar surface area (TPSA) is 46.9 Å². The van der Waals surface area contributed by atoms with Crippen molar-refractivity contribution in [2.45, 2.75) is 13.3 Å². The Labute approximate surface area is 129 Å². The first-order chi connectivity index (χ1) is 9.42. The van der Waals surface area contributed by atoms with Gasteiger partial charge in [0.15, 0.2) is 0 Å². The van der Waals surface area contributed by atoms with Crippen molar-refractivity contribution in [2.75, 3.05) is 5.32 Å². The summed E-state index contributed by atoms with van der Waals surface area (Å²) in [5.74, 6) is -0.831. The molecule has 2 aromatic rings. The molecule has 0 unspecified atom stereocenters. The van der Waals surface area contributed by atoms with E-state index < -0.39 is 5.82 Å². The summed E-state index contributed by atoms with van der Waals surface area (Å²) in [4.78, 5) is 12.2. The highest BCUT2D eigenvalue weighted by Crippen LogP contribution is 2.32. The Morgan fingerprint density at radius 1 is 1.50 bits per heavy atom. The van der Waals surface area contributed by atoms with Gasteiger partial charge in [-0.2, -0.15) is 5.10 Å². The number of carbonyl (C=O) groups excluding carboxylic acids is 1. The van der Waals surface area contributed by atoms with Crippen LogP contribution in [0.4, 0.5) is 10.1 Å². The van der Waals surface area contributed by atoms with Gasteiger partial charge in [-0.3, -0.25) is 9.48 Å². The zero-order valence-electron chi connectivity index (χ0n) is 10.9. The van der Waals surface area contributed by atoms with Crippen LogP contribution in [0.25, 0.3) is 0 Å². The molecule has 0 aliphatic rings. The Bertz CT molecular complexity index is 649. The molecule has 0 bridgehead atoms. The average Bonchev–Trinajstić information content (AvgIpc) is 2.75. The van der Waals surface area contributed by atoms with E-state index in [-0.39, 0.29) is 10.9 Å². The molecule has 1 heterocycles. The van der Waals surface area contributed by atoms with E-state index in [2.05, 4.69) is 26.3 Å². The Kier molecular flexibility index (Phi) is 4.45. The molecule has 106 valence electrons. The number of nitrogens with one attached hydrogen (secondary N) is 1. The van der Waals surface area contributed by atoms with Crippen LogP contribution in [0.15, 0.2) is 22.7 Å². The zero-order valence-corrected chi connectivity index (χ0v) is 13.2. The number of aryl methyl sites for hydroxylation is 2. The number of amides is 1. The zero-order chi connectivity index (χ0) is 14.9. The smallest absolute Gasteiger partial charge is 0.273 e. The molecule has 0 atom stereocenters. The van der Waals surface area contributed by atoms with Crippen LogP contribution in [-0.2, 0) is 13.5 Å². The Morgan fingerprint density at radius 2 is 2.20 bits per heavy atom. The van der Waals surface area contributed by atoms with E-state index in [0.717, 1.165) is 18.2 Å². The molecule has 1 N–H and O–H groups in total. The minimum atomic E-state index is -0.478. The predicted octanol–water partition coefficient (Wildman–Crippen LogP) is 3.79. The van der Waals surface area contributed by atoms with Crippen molar-refractivity contribution in [1.29, 1.82) is 0 Å². The van der Waals surface area contributed by atoms with E-state index in [9.17, 15) is 9.18 Å². The highest BCUT2D eigenvalue weighted by Gasteiger charge is 2.16. The average molecular weight is 361 g/mol. The normalized spacial score (nSPS) is 10.7. The second-order valence-electron chi connectivity index (χ2n) is 4.20. The van der Waals surface area contributed by atoms with Crippen molar-refractivity contribution in [3.63, 3.8) is 0 Å². The van der Waals surface area contributed by atoms with Crippen molar-refractivity contribution in [2.24, 2.45) is 7.05 Å². The van der Waals surface area contributed by atoms with Gasteiger partial charge in [-0.25, -0.2) is 4.39 Å². The van der Waals surface area contributed by atoms with E-state index in [1.54, 1.807) is 13.1 Å². The molecule has 0 radical (unpaired) electrons. The number of benzene rings is 1.